The number of aromatic nitrogens is 2. The third kappa shape index (κ3) is 2.74. The molecule has 0 unspecified atom stereocenters. The van der Waals surface area contributed by atoms with Crippen molar-refractivity contribution in [3.8, 4) is 5.69 Å². The molecule has 0 fully saturated rings. The predicted octanol–water partition coefficient (Wildman–Crippen LogP) is 1.90. The Hall–Kier alpha value is -1.92. The average Bonchev–Trinajstić information content (AvgIpc) is 2.77. The lowest BCUT2D eigenvalue weighted by molar-refractivity contribution is 0.0688. The van der Waals surface area contributed by atoms with Crippen LogP contribution >= 0.6 is 11.6 Å². The van der Waals surface area contributed by atoms with Gasteiger partial charge < -0.3 is 10.2 Å². The third-order valence-electron chi connectivity index (χ3n) is 2.54. The zero-order valence-corrected chi connectivity index (χ0v) is 10.4. The number of carbonyl (C=O) groups is 1. The van der Waals surface area contributed by atoms with Crippen molar-refractivity contribution < 1.29 is 19.4 Å². The van der Waals surface area contributed by atoms with Crippen molar-refractivity contribution in [3.63, 3.8) is 0 Å². The maximum absolute atomic E-state index is 13.3. The molecule has 2 N–H and O–H groups in total. The molecule has 0 aliphatic rings. The van der Waals surface area contributed by atoms with Crippen molar-refractivity contribution in [3.05, 3.63) is 46.5 Å². The number of aliphatic hydroxyl groups excluding tert-OH is 1. The van der Waals surface area contributed by atoms with Crippen LogP contribution < -0.4 is 0 Å². The van der Waals surface area contributed by atoms with Crippen LogP contribution in [0, 0.1) is 5.82 Å². The van der Waals surface area contributed by atoms with Crippen LogP contribution in [0.3, 0.4) is 0 Å². The largest absolute Gasteiger partial charge is 0.476 e. The molecule has 0 amide bonds. The van der Waals surface area contributed by atoms with E-state index in [2.05, 4.69) is 5.10 Å². The first-order chi connectivity index (χ1) is 9.02. The van der Waals surface area contributed by atoms with Crippen molar-refractivity contribution in [1.82, 2.24) is 9.78 Å². The van der Waals surface area contributed by atoms with Gasteiger partial charge in [-0.1, -0.05) is 11.6 Å². The number of rotatable bonds is 4. The number of aromatic carboxylic acids is 1. The number of carboxylic acid groups (broad SMARTS) is 1. The average molecular weight is 285 g/mol. The molecule has 0 aliphatic heterocycles. The normalized spacial score (nSPS) is 10.7. The van der Waals surface area contributed by atoms with Crippen molar-refractivity contribution in [2.24, 2.45) is 0 Å². The molecule has 5 nitrogen and oxygen atoms in total. The minimum absolute atomic E-state index is 0.0232. The van der Waals surface area contributed by atoms with Gasteiger partial charge in [-0.15, -0.1) is 0 Å². The number of hydrogen-bond donors (Lipinski definition) is 2. The van der Waals surface area contributed by atoms with Crippen LogP contribution in [-0.2, 0) is 6.42 Å². The number of aliphatic hydroxyl groups is 1. The van der Waals surface area contributed by atoms with E-state index in [1.807, 2.05) is 0 Å². The van der Waals surface area contributed by atoms with E-state index in [-0.39, 0.29) is 23.7 Å². The van der Waals surface area contributed by atoms with E-state index < -0.39 is 11.8 Å². The molecular weight excluding hydrogens is 275 g/mol. The Morgan fingerprint density at radius 1 is 1.47 bits per heavy atom. The second-order valence-electron chi connectivity index (χ2n) is 3.82. The highest BCUT2D eigenvalue weighted by molar-refractivity contribution is 6.30. The molecule has 0 spiro atoms. The van der Waals surface area contributed by atoms with E-state index in [1.54, 1.807) is 0 Å². The second kappa shape index (κ2) is 5.38. The van der Waals surface area contributed by atoms with Gasteiger partial charge in [0.1, 0.15) is 5.82 Å². The van der Waals surface area contributed by atoms with Gasteiger partial charge >= 0.3 is 5.97 Å². The Morgan fingerprint density at radius 2 is 2.21 bits per heavy atom. The summed E-state index contributed by atoms with van der Waals surface area (Å²) in [5.74, 6) is -1.81. The van der Waals surface area contributed by atoms with Crippen LogP contribution in [0.2, 0.25) is 5.02 Å². The zero-order valence-electron chi connectivity index (χ0n) is 9.68. The smallest absolute Gasteiger partial charge is 0.356 e. The van der Waals surface area contributed by atoms with Gasteiger partial charge in [-0.2, -0.15) is 5.10 Å². The lowest BCUT2D eigenvalue weighted by Gasteiger charge is -2.01. The Bertz CT molecular complexity index is 627. The number of halogens is 2. The fourth-order valence-electron chi connectivity index (χ4n) is 1.65. The summed E-state index contributed by atoms with van der Waals surface area (Å²) in [7, 11) is 0. The quantitative estimate of drug-likeness (QED) is 0.899. The highest BCUT2D eigenvalue weighted by atomic mass is 35.5. The zero-order chi connectivity index (χ0) is 14.0. The molecule has 0 bridgehead atoms. The lowest BCUT2D eigenvalue weighted by Crippen LogP contribution is -2.04. The molecule has 0 saturated heterocycles. The molecule has 19 heavy (non-hydrogen) atoms. The molecular formula is C12H10ClFN2O3. The lowest BCUT2D eigenvalue weighted by atomic mass is 10.2. The molecule has 0 atom stereocenters. The van der Waals surface area contributed by atoms with Gasteiger partial charge in [0.25, 0.3) is 0 Å². The van der Waals surface area contributed by atoms with Crippen LogP contribution in [0.5, 0.6) is 0 Å². The summed E-state index contributed by atoms with van der Waals surface area (Å²) < 4.78 is 14.6. The molecule has 7 heteroatoms. The molecule has 0 aliphatic carbocycles. The highest BCUT2D eigenvalue weighted by Crippen LogP contribution is 2.19. The summed E-state index contributed by atoms with van der Waals surface area (Å²) in [5.41, 5.74) is 0.573. The molecule has 100 valence electrons. The summed E-state index contributed by atoms with van der Waals surface area (Å²) in [4.78, 5) is 11.0. The first kappa shape index (κ1) is 13.5. The number of nitrogens with zero attached hydrogens (tertiary/aromatic N) is 2. The van der Waals surface area contributed by atoms with Crippen LogP contribution in [0.25, 0.3) is 5.69 Å². The molecule has 1 heterocycles. The fourth-order valence-corrected chi connectivity index (χ4v) is 1.77. The maximum Gasteiger partial charge on any atom is 0.356 e. The summed E-state index contributed by atoms with van der Waals surface area (Å²) in [6, 6.07) is 4.04. The van der Waals surface area contributed by atoms with E-state index in [0.29, 0.717) is 11.3 Å². The molecule has 1 aromatic carbocycles. The summed E-state index contributed by atoms with van der Waals surface area (Å²) >= 11 is 5.57. The maximum atomic E-state index is 13.3. The third-order valence-corrected chi connectivity index (χ3v) is 2.85. The summed E-state index contributed by atoms with van der Waals surface area (Å²) in [5, 5.41) is 21.7. The van der Waals surface area contributed by atoms with Gasteiger partial charge in [-0.3, -0.25) is 0 Å². The Morgan fingerprint density at radius 3 is 2.79 bits per heavy atom. The van der Waals surface area contributed by atoms with Gasteiger partial charge in [-0.05, 0) is 18.6 Å². The predicted molar refractivity (Wildman–Crippen MR) is 66.3 cm³/mol. The van der Waals surface area contributed by atoms with Crippen molar-refractivity contribution >= 4 is 17.6 Å². The van der Waals surface area contributed by atoms with E-state index in [0.717, 1.165) is 6.07 Å². The fraction of sp³-hybridized carbons (Fsp3) is 0.167. The second-order valence-corrected chi connectivity index (χ2v) is 4.23. The van der Waals surface area contributed by atoms with Gasteiger partial charge in [0, 0.05) is 24.4 Å². The summed E-state index contributed by atoms with van der Waals surface area (Å²) in [6.07, 6.45) is 1.61. The SMILES string of the molecule is O=C(O)c1nn(-c2ccc(Cl)c(F)c2)cc1CCO. The van der Waals surface area contributed by atoms with Gasteiger partial charge in [-0.25, -0.2) is 13.9 Å². The van der Waals surface area contributed by atoms with Gasteiger partial charge in [0.15, 0.2) is 5.69 Å². The van der Waals surface area contributed by atoms with E-state index >= 15 is 0 Å². The molecule has 0 saturated carbocycles. The van der Waals surface area contributed by atoms with Gasteiger partial charge in [0.05, 0.1) is 10.7 Å². The van der Waals surface area contributed by atoms with Gasteiger partial charge in [0.2, 0.25) is 0 Å². The van der Waals surface area contributed by atoms with Crippen LogP contribution in [0.4, 0.5) is 4.39 Å². The molecule has 1 aromatic heterocycles. The monoisotopic (exact) mass is 284 g/mol. The minimum Gasteiger partial charge on any atom is -0.476 e. The van der Waals surface area contributed by atoms with E-state index in [1.165, 1.54) is 23.0 Å². The molecule has 0 radical (unpaired) electrons. The van der Waals surface area contributed by atoms with Crippen LogP contribution in [0.1, 0.15) is 16.1 Å². The minimum atomic E-state index is -1.20. The first-order valence-electron chi connectivity index (χ1n) is 5.41. The van der Waals surface area contributed by atoms with Crippen molar-refractivity contribution in [2.45, 2.75) is 6.42 Å². The topological polar surface area (TPSA) is 75.3 Å². The molecule has 2 aromatic rings. The van der Waals surface area contributed by atoms with E-state index in [4.69, 9.17) is 21.8 Å². The van der Waals surface area contributed by atoms with E-state index in [9.17, 15) is 9.18 Å². The van der Waals surface area contributed by atoms with Crippen LogP contribution in [-0.4, -0.2) is 32.6 Å². The van der Waals surface area contributed by atoms with Crippen LogP contribution in [0.15, 0.2) is 24.4 Å². The number of carboxylic acids is 1. The Kier molecular flexibility index (Phi) is 3.82. The molecule has 2 rings (SSSR count). The number of benzene rings is 1. The number of hydrogen-bond acceptors (Lipinski definition) is 3. The first-order valence-corrected chi connectivity index (χ1v) is 5.79. The Balaban J connectivity index is 2.47. The Labute approximate surface area is 112 Å². The summed E-state index contributed by atoms with van der Waals surface area (Å²) in [6.45, 7) is -0.193. The standard InChI is InChI=1S/C12H10ClFN2O3/c13-9-2-1-8(5-10(9)14)16-6-7(3-4-17)11(15-16)12(18)19/h1-2,5-6,17H,3-4H2,(H,18,19). The highest BCUT2D eigenvalue weighted by Gasteiger charge is 2.16. The van der Waals surface area contributed by atoms with Crippen molar-refractivity contribution in [2.75, 3.05) is 6.61 Å². The van der Waals surface area contributed by atoms with Crippen molar-refractivity contribution in [1.29, 1.82) is 0 Å².